The first-order chi connectivity index (χ1) is 10.2. The van der Waals surface area contributed by atoms with Crippen molar-refractivity contribution in [1.29, 1.82) is 0 Å². The van der Waals surface area contributed by atoms with E-state index in [0.29, 0.717) is 12.0 Å². The molecule has 0 saturated carbocycles. The van der Waals surface area contributed by atoms with Gasteiger partial charge in [0.1, 0.15) is 0 Å². The molecule has 1 aliphatic rings. The van der Waals surface area contributed by atoms with Crippen LogP contribution >= 0.6 is 15.9 Å². The molecule has 1 N–H and O–H groups in total. The maximum Gasteiger partial charge on any atom is 0.0519 e. The molecule has 2 aromatic carbocycles. The summed E-state index contributed by atoms with van der Waals surface area (Å²) >= 11 is 3.56. The molecule has 3 rings (SSSR count). The number of rotatable bonds is 4. The molecule has 0 heterocycles. The second-order valence-electron chi connectivity index (χ2n) is 6.01. The first-order valence-electron chi connectivity index (χ1n) is 7.82. The summed E-state index contributed by atoms with van der Waals surface area (Å²) in [6, 6.07) is 16.0. The van der Waals surface area contributed by atoms with E-state index in [4.69, 9.17) is 0 Å². The van der Waals surface area contributed by atoms with Gasteiger partial charge in [-0.1, -0.05) is 48.0 Å². The lowest BCUT2D eigenvalue weighted by molar-refractivity contribution is 0.732. The number of benzene rings is 2. The zero-order valence-corrected chi connectivity index (χ0v) is 14.3. The van der Waals surface area contributed by atoms with Crippen molar-refractivity contribution in [3.05, 3.63) is 63.6 Å². The summed E-state index contributed by atoms with van der Waals surface area (Å²) in [4.78, 5) is 0. The van der Waals surface area contributed by atoms with Crippen molar-refractivity contribution in [3.8, 4) is 0 Å². The Morgan fingerprint density at radius 1 is 1.19 bits per heavy atom. The second kappa shape index (κ2) is 6.23. The van der Waals surface area contributed by atoms with Crippen LogP contribution in [0.2, 0.25) is 0 Å². The smallest absolute Gasteiger partial charge is 0.0519 e. The van der Waals surface area contributed by atoms with E-state index in [1.807, 2.05) is 0 Å². The highest BCUT2D eigenvalue weighted by Gasteiger charge is 2.22. The number of nitrogens with one attached hydrogen (secondary N) is 1. The SMILES string of the molecule is CCC(C)c1ccc(NC2CCc3cc(Br)ccc32)cc1. The summed E-state index contributed by atoms with van der Waals surface area (Å²) in [6.45, 7) is 4.53. The van der Waals surface area contributed by atoms with Crippen molar-refractivity contribution in [2.75, 3.05) is 5.32 Å². The van der Waals surface area contributed by atoms with Gasteiger partial charge in [0.2, 0.25) is 0 Å². The Hall–Kier alpha value is -1.28. The molecule has 110 valence electrons. The molecule has 0 fully saturated rings. The van der Waals surface area contributed by atoms with E-state index in [1.165, 1.54) is 39.7 Å². The largest absolute Gasteiger partial charge is 0.378 e. The van der Waals surface area contributed by atoms with Gasteiger partial charge in [-0.3, -0.25) is 0 Å². The van der Waals surface area contributed by atoms with E-state index < -0.39 is 0 Å². The summed E-state index contributed by atoms with van der Waals surface area (Å²) in [5.74, 6) is 0.642. The van der Waals surface area contributed by atoms with E-state index >= 15 is 0 Å². The summed E-state index contributed by atoms with van der Waals surface area (Å²) in [5.41, 5.74) is 5.57. The highest BCUT2D eigenvalue weighted by molar-refractivity contribution is 9.10. The molecule has 21 heavy (non-hydrogen) atoms. The van der Waals surface area contributed by atoms with Crippen LogP contribution in [-0.4, -0.2) is 0 Å². The number of halogens is 1. The van der Waals surface area contributed by atoms with Crippen LogP contribution in [0, 0.1) is 0 Å². The fourth-order valence-electron chi connectivity index (χ4n) is 3.08. The minimum atomic E-state index is 0.447. The third-order valence-corrected chi connectivity index (χ3v) is 5.11. The van der Waals surface area contributed by atoms with Crippen LogP contribution in [-0.2, 0) is 6.42 Å². The van der Waals surface area contributed by atoms with Gasteiger partial charge in [0, 0.05) is 10.2 Å². The summed E-state index contributed by atoms with van der Waals surface area (Å²) in [7, 11) is 0. The van der Waals surface area contributed by atoms with E-state index in [9.17, 15) is 0 Å². The number of aryl methyl sites for hydroxylation is 1. The normalized spacial score (nSPS) is 18.3. The van der Waals surface area contributed by atoms with E-state index in [0.717, 1.165) is 6.42 Å². The molecule has 2 heteroatoms. The fourth-order valence-corrected chi connectivity index (χ4v) is 3.49. The third kappa shape index (κ3) is 3.16. The van der Waals surface area contributed by atoms with Crippen LogP contribution in [0.15, 0.2) is 46.9 Å². The third-order valence-electron chi connectivity index (χ3n) is 4.62. The van der Waals surface area contributed by atoms with E-state index in [-0.39, 0.29) is 0 Å². The Balaban J connectivity index is 1.74. The monoisotopic (exact) mass is 343 g/mol. The summed E-state index contributed by atoms with van der Waals surface area (Å²) < 4.78 is 1.18. The van der Waals surface area contributed by atoms with Gasteiger partial charge in [0.05, 0.1) is 6.04 Å². The molecular weight excluding hydrogens is 322 g/mol. The molecule has 0 saturated heterocycles. The van der Waals surface area contributed by atoms with Gasteiger partial charge < -0.3 is 5.32 Å². The number of hydrogen-bond donors (Lipinski definition) is 1. The molecule has 0 bridgehead atoms. The predicted octanol–water partition coefficient (Wildman–Crippen LogP) is 6.06. The van der Waals surface area contributed by atoms with E-state index in [1.54, 1.807) is 0 Å². The molecule has 2 aromatic rings. The Labute approximate surface area is 135 Å². The van der Waals surface area contributed by atoms with Gasteiger partial charge in [-0.05, 0) is 66.1 Å². The lowest BCUT2D eigenvalue weighted by Gasteiger charge is -2.17. The van der Waals surface area contributed by atoms with Gasteiger partial charge in [-0.15, -0.1) is 0 Å². The Morgan fingerprint density at radius 3 is 2.67 bits per heavy atom. The van der Waals surface area contributed by atoms with Crippen LogP contribution in [0.3, 0.4) is 0 Å². The molecular formula is C19H22BrN. The van der Waals surface area contributed by atoms with Crippen molar-refractivity contribution >= 4 is 21.6 Å². The molecule has 1 nitrogen and oxygen atoms in total. The van der Waals surface area contributed by atoms with Crippen molar-refractivity contribution in [1.82, 2.24) is 0 Å². The molecule has 1 aliphatic carbocycles. The van der Waals surface area contributed by atoms with Crippen LogP contribution in [0.1, 0.15) is 55.3 Å². The standard InChI is InChI=1S/C19H22BrN/c1-3-13(2)14-4-8-17(9-5-14)21-19-11-6-15-12-16(20)7-10-18(15)19/h4-5,7-10,12-13,19,21H,3,6,11H2,1-2H3. The highest BCUT2D eigenvalue weighted by Crippen LogP contribution is 2.35. The molecule has 0 radical (unpaired) electrons. The molecule has 2 atom stereocenters. The van der Waals surface area contributed by atoms with Gasteiger partial charge in [-0.25, -0.2) is 0 Å². The van der Waals surface area contributed by atoms with Gasteiger partial charge in [0.15, 0.2) is 0 Å². The molecule has 0 amide bonds. The van der Waals surface area contributed by atoms with Crippen molar-refractivity contribution < 1.29 is 0 Å². The number of anilines is 1. The Kier molecular flexibility index (Phi) is 4.34. The average molecular weight is 344 g/mol. The summed E-state index contributed by atoms with van der Waals surface area (Å²) in [5, 5.41) is 3.69. The molecule has 0 aromatic heterocycles. The van der Waals surface area contributed by atoms with Crippen LogP contribution in [0.5, 0.6) is 0 Å². The minimum absolute atomic E-state index is 0.447. The number of hydrogen-bond acceptors (Lipinski definition) is 1. The zero-order chi connectivity index (χ0) is 14.8. The lowest BCUT2D eigenvalue weighted by Crippen LogP contribution is -2.07. The van der Waals surface area contributed by atoms with Gasteiger partial charge in [-0.2, -0.15) is 0 Å². The highest BCUT2D eigenvalue weighted by atomic mass is 79.9. The van der Waals surface area contributed by atoms with Crippen molar-refractivity contribution in [2.24, 2.45) is 0 Å². The molecule has 0 spiro atoms. The summed E-state index contributed by atoms with van der Waals surface area (Å²) in [6.07, 6.45) is 3.54. The van der Waals surface area contributed by atoms with Crippen LogP contribution in [0.4, 0.5) is 5.69 Å². The predicted molar refractivity (Wildman–Crippen MR) is 94.0 cm³/mol. The van der Waals surface area contributed by atoms with Gasteiger partial charge in [0.25, 0.3) is 0 Å². The van der Waals surface area contributed by atoms with Crippen LogP contribution < -0.4 is 5.32 Å². The maximum absolute atomic E-state index is 3.69. The first kappa shape index (κ1) is 14.6. The van der Waals surface area contributed by atoms with Crippen LogP contribution in [0.25, 0.3) is 0 Å². The topological polar surface area (TPSA) is 12.0 Å². The Morgan fingerprint density at radius 2 is 1.95 bits per heavy atom. The fraction of sp³-hybridized carbons (Fsp3) is 0.368. The molecule has 2 unspecified atom stereocenters. The average Bonchev–Trinajstić information content (AvgIpc) is 2.89. The molecule has 0 aliphatic heterocycles. The van der Waals surface area contributed by atoms with Crippen molar-refractivity contribution in [3.63, 3.8) is 0 Å². The zero-order valence-electron chi connectivity index (χ0n) is 12.7. The quantitative estimate of drug-likeness (QED) is 0.711. The first-order valence-corrected chi connectivity index (χ1v) is 8.61. The maximum atomic E-state index is 3.69. The Bertz CT molecular complexity index is 618. The van der Waals surface area contributed by atoms with Gasteiger partial charge >= 0.3 is 0 Å². The van der Waals surface area contributed by atoms with E-state index in [2.05, 4.69) is 77.6 Å². The number of fused-ring (bicyclic) bond motifs is 1. The minimum Gasteiger partial charge on any atom is -0.378 e. The second-order valence-corrected chi connectivity index (χ2v) is 6.93. The lowest BCUT2D eigenvalue weighted by atomic mass is 9.98. The van der Waals surface area contributed by atoms with Crippen molar-refractivity contribution in [2.45, 2.75) is 45.1 Å².